The number of aliphatic hydroxyl groups excluding tert-OH is 1. The number of amides is 2. The van der Waals surface area contributed by atoms with E-state index < -0.39 is 6.10 Å². The van der Waals surface area contributed by atoms with E-state index in [0.29, 0.717) is 4.90 Å². The fourth-order valence-corrected chi connectivity index (χ4v) is 3.42. The Balaban J connectivity index is 2.09. The SMILES string of the molecule is CC(O)CN(C)C(=O)NC1CCSc2c(F)cccc21. The summed E-state index contributed by atoms with van der Waals surface area (Å²) < 4.78 is 13.7. The van der Waals surface area contributed by atoms with Gasteiger partial charge in [0.1, 0.15) is 5.82 Å². The van der Waals surface area contributed by atoms with Crippen molar-refractivity contribution < 1.29 is 14.3 Å². The first kappa shape index (κ1) is 15.1. The van der Waals surface area contributed by atoms with E-state index in [1.165, 1.54) is 22.7 Å². The summed E-state index contributed by atoms with van der Waals surface area (Å²) in [5, 5.41) is 12.2. The van der Waals surface area contributed by atoms with E-state index in [-0.39, 0.29) is 24.4 Å². The molecule has 20 heavy (non-hydrogen) atoms. The van der Waals surface area contributed by atoms with Gasteiger partial charge in [0, 0.05) is 24.2 Å². The Morgan fingerprint density at radius 2 is 2.40 bits per heavy atom. The van der Waals surface area contributed by atoms with E-state index in [9.17, 15) is 14.3 Å². The third-order valence-electron chi connectivity index (χ3n) is 3.21. The summed E-state index contributed by atoms with van der Waals surface area (Å²) in [5.41, 5.74) is 0.833. The molecule has 1 aliphatic heterocycles. The highest BCUT2D eigenvalue weighted by molar-refractivity contribution is 7.99. The molecule has 2 unspecified atom stereocenters. The molecule has 2 rings (SSSR count). The molecule has 0 bridgehead atoms. The summed E-state index contributed by atoms with van der Waals surface area (Å²) in [7, 11) is 1.63. The second-order valence-electron chi connectivity index (χ2n) is 5.03. The van der Waals surface area contributed by atoms with Crippen LogP contribution in [0.4, 0.5) is 9.18 Å². The molecule has 0 saturated carbocycles. The van der Waals surface area contributed by atoms with Crippen LogP contribution in [0.15, 0.2) is 23.1 Å². The lowest BCUT2D eigenvalue weighted by molar-refractivity contribution is 0.142. The third kappa shape index (κ3) is 3.43. The minimum absolute atomic E-state index is 0.175. The molecule has 1 aromatic rings. The number of likely N-dealkylation sites (N-methyl/N-ethyl adjacent to an activating group) is 1. The molecular weight excluding hydrogens is 279 g/mol. The van der Waals surface area contributed by atoms with Crippen molar-refractivity contribution in [2.24, 2.45) is 0 Å². The Morgan fingerprint density at radius 1 is 1.65 bits per heavy atom. The molecule has 2 N–H and O–H groups in total. The zero-order chi connectivity index (χ0) is 14.7. The van der Waals surface area contributed by atoms with Crippen molar-refractivity contribution in [2.75, 3.05) is 19.3 Å². The number of halogens is 1. The molecule has 1 aromatic carbocycles. The van der Waals surface area contributed by atoms with Crippen molar-refractivity contribution in [1.29, 1.82) is 0 Å². The van der Waals surface area contributed by atoms with Crippen molar-refractivity contribution in [1.82, 2.24) is 10.2 Å². The van der Waals surface area contributed by atoms with E-state index in [2.05, 4.69) is 5.32 Å². The van der Waals surface area contributed by atoms with Gasteiger partial charge < -0.3 is 15.3 Å². The number of fused-ring (bicyclic) bond motifs is 1. The maximum atomic E-state index is 13.7. The van der Waals surface area contributed by atoms with Gasteiger partial charge in [-0.3, -0.25) is 0 Å². The standard InChI is InChI=1S/C14H19FN2O2S/c1-9(18)8-17(2)14(19)16-12-6-7-20-13-10(12)4-3-5-11(13)15/h3-5,9,12,18H,6-8H2,1-2H3,(H,16,19). The molecule has 1 heterocycles. The van der Waals surface area contributed by atoms with Gasteiger partial charge in [-0.15, -0.1) is 11.8 Å². The lowest BCUT2D eigenvalue weighted by Crippen LogP contribution is -2.42. The summed E-state index contributed by atoms with van der Waals surface area (Å²) in [4.78, 5) is 14.1. The number of thioether (sulfide) groups is 1. The fraction of sp³-hybridized carbons (Fsp3) is 0.500. The average Bonchev–Trinajstić information content (AvgIpc) is 2.39. The molecule has 0 aromatic heterocycles. The van der Waals surface area contributed by atoms with Gasteiger partial charge in [-0.25, -0.2) is 9.18 Å². The number of aliphatic hydroxyl groups is 1. The highest BCUT2D eigenvalue weighted by Crippen LogP contribution is 2.37. The lowest BCUT2D eigenvalue weighted by Gasteiger charge is -2.28. The lowest BCUT2D eigenvalue weighted by atomic mass is 10.0. The van der Waals surface area contributed by atoms with Gasteiger partial charge in [0.25, 0.3) is 0 Å². The Kier molecular flexibility index (Phi) is 4.88. The quantitative estimate of drug-likeness (QED) is 0.901. The van der Waals surface area contributed by atoms with Gasteiger partial charge in [-0.05, 0) is 25.0 Å². The summed E-state index contributed by atoms with van der Waals surface area (Å²) >= 11 is 1.49. The van der Waals surface area contributed by atoms with E-state index in [1.54, 1.807) is 20.0 Å². The van der Waals surface area contributed by atoms with Crippen LogP contribution >= 0.6 is 11.8 Å². The Morgan fingerprint density at radius 3 is 3.10 bits per heavy atom. The van der Waals surface area contributed by atoms with Crippen LogP contribution in [-0.4, -0.2) is 41.5 Å². The van der Waals surface area contributed by atoms with E-state index in [1.807, 2.05) is 6.07 Å². The Hall–Kier alpha value is -1.27. The monoisotopic (exact) mass is 298 g/mol. The van der Waals surface area contributed by atoms with Crippen LogP contribution in [0.1, 0.15) is 24.9 Å². The molecule has 0 aliphatic carbocycles. The Bertz CT molecular complexity index is 496. The number of hydrogen-bond donors (Lipinski definition) is 2. The van der Waals surface area contributed by atoms with Crippen LogP contribution in [-0.2, 0) is 0 Å². The maximum Gasteiger partial charge on any atom is 0.317 e. The number of carbonyl (C=O) groups excluding carboxylic acids is 1. The maximum absolute atomic E-state index is 13.7. The van der Waals surface area contributed by atoms with Crippen molar-refractivity contribution in [2.45, 2.75) is 30.4 Å². The first-order valence-corrected chi connectivity index (χ1v) is 7.58. The largest absolute Gasteiger partial charge is 0.392 e. The Labute approximate surface area is 122 Å². The zero-order valence-corrected chi connectivity index (χ0v) is 12.4. The summed E-state index contributed by atoms with van der Waals surface area (Å²) in [6.07, 6.45) is 0.201. The van der Waals surface area contributed by atoms with Crippen LogP contribution in [0, 0.1) is 5.82 Å². The molecule has 0 saturated heterocycles. The molecule has 0 radical (unpaired) electrons. The number of rotatable bonds is 3. The number of nitrogens with one attached hydrogen (secondary N) is 1. The number of urea groups is 1. The van der Waals surface area contributed by atoms with Gasteiger partial charge in [-0.1, -0.05) is 12.1 Å². The number of benzene rings is 1. The summed E-state index contributed by atoms with van der Waals surface area (Å²) in [6.45, 7) is 1.90. The van der Waals surface area contributed by atoms with Gasteiger partial charge in [0.15, 0.2) is 0 Å². The first-order valence-electron chi connectivity index (χ1n) is 6.60. The van der Waals surface area contributed by atoms with Crippen LogP contribution in [0.25, 0.3) is 0 Å². The first-order chi connectivity index (χ1) is 9.49. The normalized spacial score (nSPS) is 19.1. The molecule has 2 amide bonds. The van der Waals surface area contributed by atoms with Crippen LogP contribution < -0.4 is 5.32 Å². The van der Waals surface area contributed by atoms with E-state index >= 15 is 0 Å². The minimum Gasteiger partial charge on any atom is -0.392 e. The third-order valence-corrected chi connectivity index (χ3v) is 4.37. The van der Waals surface area contributed by atoms with E-state index in [0.717, 1.165) is 17.7 Å². The van der Waals surface area contributed by atoms with Crippen molar-refractivity contribution >= 4 is 17.8 Å². The summed E-state index contributed by atoms with van der Waals surface area (Å²) in [6, 6.07) is 4.53. The van der Waals surface area contributed by atoms with E-state index in [4.69, 9.17) is 0 Å². The predicted octanol–water partition coefficient (Wildman–Crippen LogP) is 2.38. The molecule has 2 atom stereocenters. The van der Waals surface area contributed by atoms with Gasteiger partial charge in [0.05, 0.1) is 12.1 Å². The number of nitrogens with zero attached hydrogens (tertiary/aromatic N) is 1. The van der Waals surface area contributed by atoms with Gasteiger partial charge in [0.2, 0.25) is 0 Å². The van der Waals surface area contributed by atoms with Crippen LogP contribution in [0.5, 0.6) is 0 Å². The molecule has 6 heteroatoms. The van der Waals surface area contributed by atoms with Crippen LogP contribution in [0.2, 0.25) is 0 Å². The molecule has 4 nitrogen and oxygen atoms in total. The minimum atomic E-state index is -0.572. The van der Waals surface area contributed by atoms with Gasteiger partial charge in [-0.2, -0.15) is 0 Å². The van der Waals surface area contributed by atoms with Gasteiger partial charge >= 0.3 is 6.03 Å². The van der Waals surface area contributed by atoms with Crippen molar-refractivity contribution in [3.05, 3.63) is 29.6 Å². The predicted molar refractivity (Wildman–Crippen MR) is 77.3 cm³/mol. The molecule has 110 valence electrons. The highest BCUT2D eigenvalue weighted by atomic mass is 32.2. The molecule has 1 aliphatic rings. The second kappa shape index (κ2) is 6.45. The van der Waals surface area contributed by atoms with Crippen molar-refractivity contribution in [3.8, 4) is 0 Å². The zero-order valence-electron chi connectivity index (χ0n) is 11.6. The average molecular weight is 298 g/mol. The molecule has 0 spiro atoms. The topological polar surface area (TPSA) is 52.6 Å². The smallest absolute Gasteiger partial charge is 0.317 e. The molecular formula is C14H19FN2O2S. The van der Waals surface area contributed by atoms with Crippen molar-refractivity contribution in [3.63, 3.8) is 0 Å². The summed E-state index contributed by atoms with van der Waals surface area (Å²) in [5.74, 6) is 0.544. The second-order valence-corrected chi connectivity index (χ2v) is 6.13. The number of hydrogen-bond acceptors (Lipinski definition) is 3. The molecule has 0 fully saturated rings. The van der Waals surface area contributed by atoms with Crippen LogP contribution in [0.3, 0.4) is 0 Å². The fourth-order valence-electron chi connectivity index (χ4n) is 2.27. The highest BCUT2D eigenvalue weighted by Gasteiger charge is 2.25. The number of carbonyl (C=O) groups is 1.